The normalized spacial score (nSPS) is 20.4. The maximum Gasteiger partial charge on any atom is 0.352 e. The molecule has 0 aromatic carbocycles. The van der Waals surface area contributed by atoms with Gasteiger partial charge in [-0.3, -0.25) is 4.79 Å². The van der Waals surface area contributed by atoms with Gasteiger partial charge in [-0.1, -0.05) is 0 Å². The smallest absolute Gasteiger partial charge is 0.352 e. The molecule has 21 heavy (non-hydrogen) atoms. The van der Waals surface area contributed by atoms with Crippen molar-refractivity contribution in [2.75, 3.05) is 18.6 Å². The Morgan fingerprint density at radius 2 is 1.95 bits per heavy atom. The summed E-state index contributed by atoms with van der Waals surface area (Å²) in [6, 6.07) is -0.357. The summed E-state index contributed by atoms with van der Waals surface area (Å²) in [6.45, 7) is 3.20. The van der Waals surface area contributed by atoms with Gasteiger partial charge in [-0.15, -0.1) is 0 Å². The molecule has 8 heteroatoms. The number of nitrogens with one attached hydrogen (secondary N) is 1. The molecule has 1 aliphatic rings. The lowest BCUT2D eigenvalue weighted by molar-refractivity contribution is 0.0690. The Bertz CT molecular complexity index is 704. The Morgan fingerprint density at radius 1 is 1.33 bits per heavy atom. The molecule has 1 saturated heterocycles. The van der Waals surface area contributed by atoms with E-state index in [4.69, 9.17) is 5.11 Å². The van der Waals surface area contributed by atoms with Crippen molar-refractivity contribution in [3.05, 3.63) is 22.5 Å². The lowest BCUT2D eigenvalue weighted by Gasteiger charge is -2.23. The monoisotopic (exact) mass is 314 g/mol. The molecule has 1 aliphatic heterocycles. The average molecular weight is 314 g/mol. The molecule has 0 saturated carbocycles. The minimum absolute atomic E-state index is 0.0108. The third-order valence-electron chi connectivity index (χ3n) is 3.94. The lowest BCUT2D eigenvalue weighted by atomic mass is 10.1. The Labute approximate surface area is 122 Å². The number of aromatic carboxylic acids is 1. The van der Waals surface area contributed by atoms with Crippen molar-refractivity contribution in [3.63, 3.8) is 0 Å². The number of hydrogen-bond donors (Lipinski definition) is 2. The fourth-order valence-electron chi connectivity index (χ4n) is 2.71. The Hall–Kier alpha value is -1.83. The molecule has 1 unspecified atom stereocenters. The minimum atomic E-state index is -3.08. The number of aromatic amines is 1. The summed E-state index contributed by atoms with van der Waals surface area (Å²) in [4.78, 5) is 27.7. The third kappa shape index (κ3) is 2.80. The highest BCUT2D eigenvalue weighted by Gasteiger charge is 2.34. The molecule has 1 fully saturated rings. The van der Waals surface area contributed by atoms with E-state index in [1.807, 2.05) is 0 Å². The number of amides is 1. The SMILES string of the molecule is Cc1[nH]c(C(=O)O)c(C)c1C(=O)N(C)C1CCS(=O)(=O)C1. The summed E-state index contributed by atoms with van der Waals surface area (Å²) in [5.41, 5.74) is 1.14. The number of sulfone groups is 1. The highest BCUT2D eigenvalue weighted by atomic mass is 32.2. The highest BCUT2D eigenvalue weighted by molar-refractivity contribution is 7.91. The second kappa shape index (κ2) is 5.18. The van der Waals surface area contributed by atoms with E-state index in [1.54, 1.807) is 20.9 Å². The van der Waals surface area contributed by atoms with Crippen molar-refractivity contribution in [1.29, 1.82) is 0 Å². The molecule has 1 atom stereocenters. The summed E-state index contributed by atoms with van der Waals surface area (Å²) in [7, 11) is -1.52. The van der Waals surface area contributed by atoms with Crippen molar-refractivity contribution in [2.45, 2.75) is 26.3 Å². The first-order valence-electron chi connectivity index (χ1n) is 6.54. The second-order valence-corrected chi connectivity index (χ2v) is 7.63. The number of aromatic nitrogens is 1. The number of carbonyl (C=O) groups excluding carboxylic acids is 1. The van der Waals surface area contributed by atoms with Crippen LogP contribution in [0.25, 0.3) is 0 Å². The first kappa shape index (κ1) is 15.6. The topological polar surface area (TPSA) is 108 Å². The first-order valence-corrected chi connectivity index (χ1v) is 8.36. The first-order chi connectivity index (χ1) is 9.64. The summed E-state index contributed by atoms with van der Waals surface area (Å²) >= 11 is 0. The molecule has 0 aliphatic carbocycles. The number of aryl methyl sites for hydroxylation is 1. The largest absolute Gasteiger partial charge is 0.477 e. The molecular weight excluding hydrogens is 296 g/mol. The molecule has 0 radical (unpaired) electrons. The van der Waals surface area contributed by atoms with E-state index in [0.717, 1.165) is 0 Å². The lowest BCUT2D eigenvalue weighted by Crippen LogP contribution is -2.38. The van der Waals surface area contributed by atoms with Crippen LogP contribution in [0.2, 0.25) is 0 Å². The fraction of sp³-hybridized carbons (Fsp3) is 0.538. The van der Waals surface area contributed by atoms with E-state index in [1.165, 1.54) is 4.90 Å². The Kier molecular flexibility index (Phi) is 3.83. The van der Waals surface area contributed by atoms with Gasteiger partial charge in [0.15, 0.2) is 9.84 Å². The van der Waals surface area contributed by atoms with Gasteiger partial charge in [-0.05, 0) is 25.8 Å². The van der Waals surface area contributed by atoms with Gasteiger partial charge < -0.3 is 15.0 Å². The summed E-state index contributed by atoms with van der Waals surface area (Å²) < 4.78 is 23.0. The molecule has 0 spiro atoms. The molecule has 0 bridgehead atoms. The third-order valence-corrected chi connectivity index (χ3v) is 5.69. The molecule has 1 aromatic heterocycles. The van der Waals surface area contributed by atoms with Gasteiger partial charge in [0.1, 0.15) is 5.69 Å². The maximum atomic E-state index is 12.5. The Morgan fingerprint density at radius 3 is 2.38 bits per heavy atom. The molecule has 116 valence electrons. The molecule has 7 nitrogen and oxygen atoms in total. The molecule has 2 rings (SSSR count). The van der Waals surface area contributed by atoms with Crippen LogP contribution in [0, 0.1) is 13.8 Å². The number of H-pyrrole nitrogens is 1. The van der Waals surface area contributed by atoms with Gasteiger partial charge in [-0.2, -0.15) is 0 Å². The van der Waals surface area contributed by atoms with Crippen molar-refractivity contribution >= 4 is 21.7 Å². The zero-order valence-corrected chi connectivity index (χ0v) is 13.0. The van der Waals surface area contributed by atoms with Crippen LogP contribution in [-0.2, 0) is 9.84 Å². The molecule has 1 amide bonds. The number of carboxylic acids is 1. The summed E-state index contributed by atoms with van der Waals surface area (Å²) in [5, 5.41) is 9.07. The number of rotatable bonds is 3. The van der Waals surface area contributed by atoms with Gasteiger partial charge in [0, 0.05) is 18.8 Å². The van der Waals surface area contributed by atoms with Crippen molar-refractivity contribution < 1.29 is 23.1 Å². The number of nitrogens with zero attached hydrogens (tertiary/aromatic N) is 1. The fourth-order valence-corrected chi connectivity index (χ4v) is 4.48. The standard InChI is InChI=1S/C13H18N2O5S/c1-7-10(8(2)14-11(7)13(17)18)12(16)15(3)9-4-5-21(19,20)6-9/h9,14H,4-6H2,1-3H3,(H,17,18). The molecule has 2 N–H and O–H groups in total. The summed E-state index contributed by atoms with van der Waals surface area (Å²) in [6.07, 6.45) is 0.416. The van der Waals surface area contributed by atoms with E-state index in [-0.39, 0.29) is 29.1 Å². The molecule has 2 heterocycles. The van der Waals surface area contributed by atoms with Gasteiger partial charge in [0.25, 0.3) is 5.91 Å². The van der Waals surface area contributed by atoms with E-state index < -0.39 is 15.8 Å². The Balaban J connectivity index is 2.31. The average Bonchev–Trinajstić information content (AvgIpc) is 2.88. The van der Waals surface area contributed by atoms with Gasteiger partial charge in [0.2, 0.25) is 0 Å². The minimum Gasteiger partial charge on any atom is -0.477 e. The predicted octanol–water partition coefficient (Wildman–Crippen LogP) is 0.589. The van der Waals surface area contributed by atoms with Crippen LogP contribution in [0.15, 0.2) is 0 Å². The zero-order valence-electron chi connectivity index (χ0n) is 12.1. The molecular formula is C13H18N2O5S. The quantitative estimate of drug-likeness (QED) is 0.849. The van der Waals surface area contributed by atoms with Gasteiger partial charge in [-0.25, -0.2) is 13.2 Å². The van der Waals surface area contributed by atoms with Crippen LogP contribution in [-0.4, -0.2) is 59.9 Å². The second-order valence-electron chi connectivity index (χ2n) is 5.40. The van der Waals surface area contributed by atoms with Crippen LogP contribution in [0.1, 0.15) is 38.5 Å². The summed E-state index contributed by atoms with van der Waals surface area (Å²) in [5.74, 6) is -1.43. The number of hydrogen-bond acceptors (Lipinski definition) is 4. The van der Waals surface area contributed by atoms with Crippen LogP contribution in [0.5, 0.6) is 0 Å². The maximum absolute atomic E-state index is 12.5. The van der Waals surface area contributed by atoms with Gasteiger partial charge >= 0.3 is 5.97 Å². The van der Waals surface area contributed by atoms with Crippen molar-refractivity contribution in [2.24, 2.45) is 0 Å². The van der Waals surface area contributed by atoms with Crippen molar-refractivity contribution in [3.8, 4) is 0 Å². The van der Waals surface area contributed by atoms with Crippen LogP contribution < -0.4 is 0 Å². The van der Waals surface area contributed by atoms with Crippen LogP contribution >= 0.6 is 0 Å². The highest BCUT2D eigenvalue weighted by Crippen LogP contribution is 2.23. The van der Waals surface area contributed by atoms with E-state index >= 15 is 0 Å². The van der Waals surface area contributed by atoms with E-state index in [2.05, 4.69) is 4.98 Å². The zero-order chi connectivity index (χ0) is 15.9. The number of carboxylic acid groups (broad SMARTS) is 1. The van der Waals surface area contributed by atoms with Crippen LogP contribution in [0.4, 0.5) is 0 Å². The predicted molar refractivity (Wildman–Crippen MR) is 76.4 cm³/mol. The van der Waals surface area contributed by atoms with Crippen LogP contribution in [0.3, 0.4) is 0 Å². The number of carbonyl (C=O) groups is 2. The van der Waals surface area contributed by atoms with E-state index in [0.29, 0.717) is 23.2 Å². The van der Waals surface area contributed by atoms with Gasteiger partial charge in [0.05, 0.1) is 17.1 Å². The molecule has 1 aromatic rings. The van der Waals surface area contributed by atoms with E-state index in [9.17, 15) is 18.0 Å². The van der Waals surface area contributed by atoms with Crippen molar-refractivity contribution in [1.82, 2.24) is 9.88 Å².